The molecule has 3 aromatic rings. The Balaban J connectivity index is 1.71. The topological polar surface area (TPSA) is 102 Å². The van der Waals surface area contributed by atoms with Crippen molar-refractivity contribution in [1.29, 1.82) is 0 Å². The van der Waals surface area contributed by atoms with E-state index in [1.807, 2.05) is 0 Å². The van der Waals surface area contributed by atoms with Gasteiger partial charge in [0, 0.05) is 0 Å². The quantitative estimate of drug-likeness (QED) is 0.619. The van der Waals surface area contributed by atoms with Crippen molar-refractivity contribution in [2.75, 3.05) is 5.32 Å². The van der Waals surface area contributed by atoms with Gasteiger partial charge in [0.2, 0.25) is 5.91 Å². The molecule has 0 saturated heterocycles. The van der Waals surface area contributed by atoms with Crippen molar-refractivity contribution in [1.82, 2.24) is 25.5 Å². The highest BCUT2D eigenvalue weighted by Crippen LogP contribution is 2.22. The highest BCUT2D eigenvalue weighted by atomic mass is 79.9. The second-order valence-corrected chi connectivity index (χ2v) is 8.05. The van der Waals surface area contributed by atoms with Crippen LogP contribution in [-0.4, -0.2) is 38.1 Å². The molecule has 0 aliphatic heterocycles. The molecule has 2 aromatic heterocycles. The van der Waals surface area contributed by atoms with Gasteiger partial charge >= 0.3 is 0 Å². The zero-order valence-corrected chi connectivity index (χ0v) is 16.6. The normalized spacial score (nSPS) is 11.9. The summed E-state index contributed by atoms with van der Waals surface area (Å²) in [5.74, 6) is -1.03. The fraction of sp³-hybridized carbons (Fsp3) is 0.188. The number of nitrogens with zero attached hydrogens (tertiary/aromatic N) is 4. The average molecular weight is 453 g/mol. The highest BCUT2D eigenvalue weighted by molar-refractivity contribution is 9.11. The number of anilines is 1. The molecule has 0 fully saturated rings. The third-order valence-electron chi connectivity index (χ3n) is 3.62. The Bertz CT molecular complexity index is 1000. The van der Waals surface area contributed by atoms with Gasteiger partial charge in [-0.1, -0.05) is 0 Å². The summed E-state index contributed by atoms with van der Waals surface area (Å²) in [5, 5.41) is 16.2. The van der Waals surface area contributed by atoms with Gasteiger partial charge in [-0.3, -0.25) is 9.59 Å². The summed E-state index contributed by atoms with van der Waals surface area (Å²) in [6.45, 7) is 3.21. The molecule has 2 N–H and O–H groups in total. The summed E-state index contributed by atoms with van der Waals surface area (Å²) in [5.41, 5.74) is 0.460. The molecule has 8 nitrogen and oxygen atoms in total. The lowest BCUT2D eigenvalue weighted by molar-refractivity contribution is -0.117. The number of aryl methyl sites for hydroxylation is 1. The van der Waals surface area contributed by atoms with E-state index in [9.17, 15) is 14.0 Å². The highest BCUT2D eigenvalue weighted by Gasteiger charge is 2.19. The maximum absolute atomic E-state index is 14.1. The van der Waals surface area contributed by atoms with Crippen molar-refractivity contribution in [3.05, 3.63) is 50.6 Å². The lowest BCUT2D eigenvalue weighted by Crippen LogP contribution is -2.41. The zero-order chi connectivity index (χ0) is 19.6. The van der Waals surface area contributed by atoms with Crippen LogP contribution in [0.3, 0.4) is 0 Å². The van der Waals surface area contributed by atoms with Crippen molar-refractivity contribution in [3.63, 3.8) is 0 Å². The van der Waals surface area contributed by atoms with Gasteiger partial charge < -0.3 is 10.6 Å². The lowest BCUT2D eigenvalue weighted by Gasteiger charge is -2.14. The summed E-state index contributed by atoms with van der Waals surface area (Å²) >= 11 is 4.53. The second-order valence-electron chi connectivity index (χ2n) is 5.59. The van der Waals surface area contributed by atoms with E-state index < -0.39 is 17.8 Å². The van der Waals surface area contributed by atoms with E-state index in [-0.39, 0.29) is 11.6 Å². The standard InChI is InChI=1S/C16H14BrFN6O2S/c1-8(19-16(26)13-5-6-14(17)27-13)15(25)20-12-7-10(3-4-11(12)18)24-9(2)21-22-23-24/h3-8H,1-2H3,(H,19,26)(H,20,25). The van der Waals surface area contributed by atoms with Gasteiger partial charge in [-0.05, 0) is 70.5 Å². The van der Waals surface area contributed by atoms with Crippen molar-refractivity contribution in [2.24, 2.45) is 0 Å². The van der Waals surface area contributed by atoms with Crippen LogP contribution in [0.25, 0.3) is 5.69 Å². The van der Waals surface area contributed by atoms with Crippen LogP contribution in [0.15, 0.2) is 34.1 Å². The largest absolute Gasteiger partial charge is 0.340 e. The smallest absolute Gasteiger partial charge is 0.262 e. The van der Waals surface area contributed by atoms with E-state index in [0.29, 0.717) is 16.4 Å². The summed E-state index contributed by atoms with van der Waals surface area (Å²) in [4.78, 5) is 25.0. The third-order valence-corrected chi connectivity index (χ3v) is 5.24. The van der Waals surface area contributed by atoms with Gasteiger partial charge in [0.1, 0.15) is 11.9 Å². The predicted octanol–water partition coefficient (Wildman–Crippen LogP) is 2.69. The Kier molecular flexibility index (Phi) is 5.61. The number of thiophene rings is 1. The second kappa shape index (κ2) is 7.92. The summed E-state index contributed by atoms with van der Waals surface area (Å²) < 4.78 is 16.3. The summed E-state index contributed by atoms with van der Waals surface area (Å²) in [7, 11) is 0. The molecule has 27 heavy (non-hydrogen) atoms. The number of rotatable bonds is 5. The van der Waals surface area contributed by atoms with Crippen LogP contribution in [0.2, 0.25) is 0 Å². The Labute approximate surface area is 165 Å². The van der Waals surface area contributed by atoms with Crippen LogP contribution in [-0.2, 0) is 4.79 Å². The first-order valence-electron chi connectivity index (χ1n) is 7.77. The number of hydrogen-bond donors (Lipinski definition) is 2. The third kappa shape index (κ3) is 4.37. The number of hydrogen-bond acceptors (Lipinski definition) is 6. The predicted molar refractivity (Wildman–Crippen MR) is 101 cm³/mol. The maximum Gasteiger partial charge on any atom is 0.262 e. The van der Waals surface area contributed by atoms with Crippen molar-refractivity contribution < 1.29 is 14.0 Å². The SMILES string of the molecule is Cc1nnnn1-c1ccc(F)c(NC(=O)C(C)NC(=O)c2ccc(Br)s2)c1. The molecular weight excluding hydrogens is 439 g/mol. The molecule has 2 amide bonds. The van der Waals surface area contributed by atoms with Crippen molar-refractivity contribution >= 4 is 44.8 Å². The first-order valence-corrected chi connectivity index (χ1v) is 9.38. The van der Waals surface area contributed by atoms with E-state index >= 15 is 0 Å². The minimum absolute atomic E-state index is 0.0348. The molecule has 3 rings (SSSR count). The van der Waals surface area contributed by atoms with Gasteiger partial charge in [0.15, 0.2) is 5.82 Å². The summed E-state index contributed by atoms with van der Waals surface area (Å²) in [6.07, 6.45) is 0. The molecule has 0 bridgehead atoms. The number of tetrazole rings is 1. The Morgan fingerprint density at radius 3 is 2.70 bits per heavy atom. The van der Waals surface area contributed by atoms with E-state index in [4.69, 9.17) is 0 Å². The van der Waals surface area contributed by atoms with E-state index in [2.05, 4.69) is 42.1 Å². The number of nitrogens with one attached hydrogen (secondary N) is 2. The minimum Gasteiger partial charge on any atom is -0.340 e. The van der Waals surface area contributed by atoms with Crippen LogP contribution < -0.4 is 10.6 Å². The van der Waals surface area contributed by atoms with E-state index in [1.54, 1.807) is 19.1 Å². The molecule has 0 saturated carbocycles. The lowest BCUT2D eigenvalue weighted by atomic mass is 10.2. The number of aromatic nitrogens is 4. The van der Waals surface area contributed by atoms with Crippen molar-refractivity contribution in [2.45, 2.75) is 19.9 Å². The fourth-order valence-electron chi connectivity index (χ4n) is 2.22. The molecule has 0 aliphatic carbocycles. The van der Waals surface area contributed by atoms with Crippen LogP contribution in [0.1, 0.15) is 22.4 Å². The van der Waals surface area contributed by atoms with Gasteiger partial charge in [-0.25, -0.2) is 4.39 Å². The molecule has 0 spiro atoms. The number of carbonyl (C=O) groups is 2. The molecule has 2 heterocycles. The molecule has 1 atom stereocenters. The Hall–Kier alpha value is -2.66. The molecule has 11 heteroatoms. The molecule has 1 unspecified atom stereocenters. The molecule has 140 valence electrons. The molecule has 1 aromatic carbocycles. The molecule has 0 aliphatic rings. The monoisotopic (exact) mass is 452 g/mol. The van der Waals surface area contributed by atoms with Crippen molar-refractivity contribution in [3.8, 4) is 5.69 Å². The van der Waals surface area contributed by atoms with Crippen LogP contribution in [0, 0.1) is 12.7 Å². The number of halogens is 2. The Morgan fingerprint density at radius 2 is 2.07 bits per heavy atom. The number of benzene rings is 1. The van der Waals surface area contributed by atoms with Gasteiger partial charge in [0.05, 0.1) is 20.0 Å². The van der Waals surface area contributed by atoms with Crippen LogP contribution >= 0.6 is 27.3 Å². The first-order chi connectivity index (χ1) is 12.8. The fourth-order valence-corrected chi connectivity index (χ4v) is 3.51. The number of carbonyl (C=O) groups excluding carboxylic acids is 2. The van der Waals surface area contributed by atoms with E-state index in [1.165, 1.54) is 41.1 Å². The average Bonchev–Trinajstić information content (AvgIpc) is 3.25. The molecular formula is C16H14BrFN6O2S. The van der Waals surface area contributed by atoms with Crippen LogP contribution in [0.4, 0.5) is 10.1 Å². The van der Waals surface area contributed by atoms with Gasteiger partial charge in [-0.15, -0.1) is 16.4 Å². The van der Waals surface area contributed by atoms with Gasteiger partial charge in [-0.2, -0.15) is 4.68 Å². The maximum atomic E-state index is 14.1. The zero-order valence-electron chi connectivity index (χ0n) is 14.2. The number of amides is 2. The van der Waals surface area contributed by atoms with Gasteiger partial charge in [0.25, 0.3) is 5.91 Å². The first kappa shape index (κ1) is 19.1. The minimum atomic E-state index is -0.865. The molecule has 0 radical (unpaired) electrons. The Morgan fingerprint density at radius 1 is 1.30 bits per heavy atom. The van der Waals surface area contributed by atoms with E-state index in [0.717, 1.165) is 3.79 Å². The van der Waals surface area contributed by atoms with Crippen LogP contribution in [0.5, 0.6) is 0 Å². The summed E-state index contributed by atoms with van der Waals surface area (Å²) in [6, 6.07) is 6.64.